The summed E-state index contributed by atoms with van der Waals surface area (Å²) in [5, 5.41) is 0. The number of alkyl halides is 3. The second kappa shape index (κ2) is 5.97. The predicted molar refractivity (Wildman–Crippen MR) is 59.2 cm³/mol. The van der Waals surface area contributed by atoms with Gasteiger partial charge in [-0.3, -0.25) is 9.88 Å². The van der Waals surface area contributed by atoms with Crippen molar-refractivity contribution >= 4 is 0 Å². The van der Waals surface area contributed by atoms with E-state index in [1.165, 1.54) is 6.07 Å². The minimum Gasteiger partial charge on any atom is -0.329 e. The summed E-state index contributed by atoms with van der Waals surface area (Å²) in [4.78, 5) is 5.84. The van der Waals surface area contributed by atoms with Crippen LogP contribution in [0.3, 0.4) is 0 Å². The number of hydrogen-bond donors (Lipinski definition) is 1. The number of rotatable bonds is 5. The highest BCUT2D eigenvalue weighted by Crippen LogP contribution is 2.28. The van der Waals surface area contributed by atoms with E-state index in [4.69, 9.17) is 5.73 Å². The van der Waals surface area contributed by atoms with Crippen molar-refractivity contribution in [2.24, 2.45) is 5.73 Å². The monoisotopic (exact) mass is 247 g/mol. The zero-order valence-corrected chi connectivity index (χ0v) is 9.67. The van der Waals surface area contributed by atoms with Crippen LogP contribution in [0, 0.1) is 0 Å². The summed E-state index contributed by atoms with van der Waals surface area (Å²) in [7, 11) is 0. The van der Waals surface area contributed by atoms with Crippen LogP contribution in [0.4, 0.5) is 13.2 Å². The van der Waals surface area contributed by atoms with E-state index in [9.17, 15) is 13.2 Å². The molecular weight excluding hydrogens is 231 g/mol. The summed E-state index contributed by atoms with van der Waals surface area (Å²) in [6.07, 6.45) is -3.46. The first-order valence-corrected chi connectivity index (χ1v) is 5.42. The number of hydrogen-bond acceptors (Lipinski definition) is 3. The van der Waals surface area contributed by atoms with Gasteiger partial charge in [0.2, 0.25) is 0 Å². The molecule has 1 aromatic rings. The topological polar surface area (TPSA) is 42.1 Å². The van der Waals surface area contributed by atoms with Crippen LogP contribution in [-0.2, 0) is 12.7 Å². The van der Waals surface area contributed by atoms with Crippen LogP contribution in [-0.4, -0.2) is 29.5 Å². The number of nitrogens with two attached hydrogens (primary N) is 1. The largest absolute Gasteiger partial charge is 0.417 e. The quantitative estimate of drug-likeness (QED) is 0.863. The highest BCUT2D eigenvalue weighted by Gasteiger charge is 2.30. The molecule has 96 valence electrons. The zero-order chi connectivity index (χ0) is 12.9. The van der Waals surface area contributed by atoms with Gasteiger partial charge in [-0.2, -0.15) is 13.2 Å². The molecule has 6 heteroatoms. The third-order valence-corrected chi connectivity index (χ3v) is 2.43. The maximum absolute atomic E-state index is 12.3. The van der Waals surface area contributed by atoms with Crippen molar-refractivity contribution in [1.29, 1.82) is 0 Å². The molecule has 0 saturated heterocycles. The number of likely N-dealkylation sites (N-methyl/N-ethyl adjacent to an activating group) is 1. The van der Waals surface area contributed by atoms with E-state index in [0.717, 1.165) is 18.8 Å². The van der Waals surface area contributed by atoms with Gasteiger partial charge in [-0.05, 0) is 18.7 Å². The number of nitrogens with zero attached hydrogens (tertiary/aromatic N) is 2. The van der Waals surface area contributed by atoms with Crippen molar-refractivity contribution in [2.75, 3.05) is 19.6 Å². The van der Waals surface area contributed by atoms with Crippen molar-refractivity contribution in [3.05, 3.63) is 29.6 Å². The molecule has 1 rings (SSSR count). The highest BCUT2D eigenvalue weighted by molar-refractivity contribution is 5.16. The lowest BCUT2D eigenvalue weighted by atomic mass is 10.2. The molecule has 0 aliphatic heterocycles. The Hall–Kier alpha value is -1.14. The maximum Gasteiger partial charge on any atom is 0.417 e. The normalized spacial score (nSPS) is 12.1. The SMILES string of the molecule is CCN(CCN)Cc1ccc(C(F)(F)F)cn1. The molecule has 3 nitrogen and oxygen atoms in total. The minimum absolute atomic E-state index is 0.520. The van der Waals surface area contributed by atoms with E-state index in [0.29, 0.717) is 25.3 Å². The van der Waals surface area contributed by atoms with Gasteiger partial charge in [-0.15, -0.1) is 0 Å². The molecule has 0 bridgehead atoms. The van der Waals surface area contributed by atoms with Crippen molar-refractivity contribution in [2.45, 2.75) is 19.6 Å². The summed E-state index contributed by atoms with van der Waals surface area (Å²) >= 11 is 0. The summed E-state index contributed by atoms with van der Waals surface area (Å²) in [5.41, 5.74) is 5.33. The lowest BCUT2D eigenvalue weighted by Gasteiger charge is -2.18. The fourth-order valence-corrected chi connectivity index (χ4v) is 1.45. The van der Waals surface area contributed by atoms with Gasteiger partial charge in [0.15, 0.2) is 0 Å². The Morgan fingerprint density at radius 2 is 2.06 bits per heavy atom. The first-order valence-electron chi connectivity index (χ1n) is 5.42. The van der Waals surface area contributed by atoms with Gasteiger partial charge in [0, 0.05) is 25.8 Å². The van der Waals surface area contributed by atoms with Gasteiger partial charge in [0.05, 0.1) is 11.3 Å². The summed E-state index contributed by atoms with van der Waals surface area (Å²) in [6.45, 7) is 4.51. The predicted octanol–water partition coefficient (Wildman–Crippen LogP) is 1.88. The summed E-state index contributed by atoms with van der Waals surface area (Å²) < 4.78 is 36.9. The molecular formula is C11H16F3N3. The van der Waals surface area contributed by atoms with Crippen LogP contribution in [0.2, 0.25) is 0 Å². The van der Waals surface area contributed by atoms with Gasteiger partial charge >= 0.3 is 6.18 Å². The molecule has 17 heavy (non-hydrogen) atoms. The Bertz CT molecular complexity index is 335. The van der Waals surface area contributed by atoms with Gasteiger partial charge in [0.1, 0.15) is 0 Å². The highest BCUT2D eigenvalue weighted by atomic mass is 19.4. The zero-order valence-electron chi connectivity index (χ0n) is 9.67. The maximum atomic E-state index is 12.3. The van der Waals surface area contributed by atoms with Crippen LogP contribution < -0.4 is 5.73 Å². The van der Waals surface area contributed by atoms with E-state index in [2.05, 4.69) is 4.98 Å². The smallest absolute Gasteiger partial charge is 0.329 e. The molecule has 0 fully saturated rings. The van der Waals surface area contributed by atoms with Gasteiger partial charge in [0.25, 0.3) is 0 Å². The van der Waals surface area contributed by atoms with Crippen molar-refractivity contribution in [3.63, 3.8) is 0 Å². The first kappa shape index (κ1) is 13.9. The van der Waals surface area contributed by atoms with Gasteiger partial charge in [-0.25, -0.2) is 0 Å². The fraction of sp³-hybridized carbons (Fsp3) is 0.545. The average molecular weight is 247 g/mol. The first-order chi connectivity index (χ1) is 7.97. The van der Waals surface area contributed by atoms with E-state index in [1.54, 1.807) is 0 Å². The van der Waals surface area contributed by atoms with E-state index < -0.39 is 11.7 Å². The third kappa shape index (κ3) is 4.32. The Morgan fingerprint density at radius 1 is 1.35 bits per heavy atom. The second-order valence-corrected chi connectivity index (χ2v) is 3.69. The summed E-state index contributed by atoms with van der Waals surface area (Å²) in [6, 6.07) is 2.46. The molecule has 1 heterocycles. The number of pyridine rings is 1. The molecule has 0 amide bonds. The van der Waals surface area contributed by atoms with Crippen LogP contribution in [0.5, 0.6) is 0 Å². The molecule has 0 radical (unpaired) electrons. The summed E-state index contributed by atoms with van der Waals surface area (Å²) in [5.74, 6) is 0. The molecule has 0 aromatic carbocycles. The Labute approximate surface area is 98.4 Å². The average Bonchev–Trinajstić information content (AvgIpc) is 2.28. The van der Waals surface area contributed by atoms with Crippen molar-refractivity contribution in [3.8, 4) is 0 Å². The van der Waals surface area contributed by atoms with E-state index in [1.807, 2.05) is 11.8 Å². The second-order valence-electron chi connectivity index (χ2n) is 3.69. The lowest BCUT2D eigenvalue weighted by molar-refractivity contribution is -0.137. The molecule has 0 atom stereocenters. The molecule has 2 N–H and O–H groups in total. The number of halogens is 3. The number of aromatic nitrogens is 1. The van der Waals surface area contributed by atoms with Crippen molar-refractivity contribution in [1.82, 2.24) is 9.88 Å². The standard InChI is InChI=1S/C11H16F3N3/c1-2-17(6-5-15)8-10-4-3-9(7-16-10)11(12,13)14/h3-4,7H,2,5-6,8,15H2,1H3. The molecule has 0 aliphatic rings. The molecule has 0 aliphatic carbocycles. The molecule has 1 aromatic heterocycles. The van der Waals surface area contributed by atoms with E-state index >= 15 is 0 Å². The van der Waals surface area contributed by atoms with Crippen LogP contribution >= 0.6 is 0 Å². The van der Waals surface area contributed by atoms with Crippen LogP contribution in [0.15, 0.2) is 18.3 Å². The Kier molecular flexibility index (Phi) is 4.89. The minimum atomic E-state index is -4.33. The van der Waals surface area contributed by atoms with E-state index in [-0.39, 0.29) is 0 Å². The van der Waals surface area contributed by atoms with Crippen LogP contribution in [0.1, 0.15) is 18.2 Å². The Balaban J connectivity index is 2.68. The van der Waals surface area contributed by atoms with Gasteiger partial charge in [-0.1, -0.05) is 6.92 Å². The van der Waals surface area contributed by atoms with Crippen LogP contribution in [0.25, 0.3) is 0 Å². The third-order valence-electron chi connectivity index (χ3n) is 2.43. The molecule has 0 unspecified atom stereocenters. The van der Waals surface area contributed by atoms with Crippen molar-refractivity contribution < 1.29 is 13.2 Å². The van der Waals surface area contributed by atoms with Gasteiger partial charge < -0.3 is 5.73 Å². The molecule has 0 saturated carbocycles. The lowest BCUT2D eigenvalue weighted by Crippen LogP contribution is -2.29. The fourth-order valence-electron chi connectivity index (χ4n) is 1.45. The molecule has 0 spiro atoms. The Morgan fingerprint density at radius 3 is 2.47 bits per heavy atom.